The topological polar surface area (TPSA) is 9.23 Å². The van der Waals surface area contributed by atoms with Crippen molar-refractivity contribution in [3.05, 3.63) is 66.0 Å². The molecule has 0 heterocycles. The van der Waals surface area contributed by atoms with Crippen molar-refractivity contribution in [2.24, 2.45) is 0 Å². The Morgan fingerprint density at radius 1 is 1.19 bits per heavy atom. The van der Waals surface area contributed by atoms with Crippen LogP contribution < -0.4 is 0 Å². The molecule has 0 aliphatic carbocycles. The van der Waals surface area contributed by atoms with Gasteiger partial charge < -0.3 is 4.74 Å². The van der Waals surface area contributed by atoms with Gasteiger partial charge in [-0.2, -0.15) is 0 Å². The largest absolute Gasteiger partial charge is 0.497 e. The first kappa shape index (κ1) is 12.3. The predicted octanol–water partition coefficient (Wildman–Crippen LogP) is 4.11. The van der Waals surface area contributed by atoms with Crippen LogP contribution in [0.4, 0.5) is 0 Å². The Morgan fingerprint density at radius 3 is 2.31 bits per heavy atom. The quantitative estimate of drug-likeness (QED) is 0.541. The van der Waals surface area contributed by atoms with Gasteiger partial charge in [-0.3, -0.25) is 0 Å². The third kappa shape index (κ3) is 3.43. The van der Waals surface area contributed by atoms with Crippen molar-refractivity contribution < 1.29 is 4.74 Å². The molecule has 0 radical (unpaired) electrons. The van der Waals surface area contributed by atoms with E-state index >= 15 is 0 Å². The second-order valence-corrected chi connectivity index (χ2v) is 3.61. The molecule has 84 valence electrons. The zero-order valence-electron chi connectivity index (χ0n) is 10.2. The van der Waals surface area contributed by atoms with Gasteiger partial charge >= 0.3 is 0 Å². The maximum atomic E-state index is 4.99. The van der Waals surface area contributed by atoms with Crippen LogP contribution in [0.3, 0.4) is 0 Å². The highest BCUT2D eigenvalue weighted by atomic mass is 16.5. The molecule has 1 aromatic carbocycles. The van der Waals surface area contributed by atoms with Gasteiger partial charge in [0.05, 0.1) is 7.11 Å². The number of aryl methyl sites for hydroxylation is 1. The van der Waals surface area contributed by atoms with Crippen molar-refractivity contribution in [2.45, 2.75) is 13.8 Å². The van der Waals surface area contributed by atoms with Crippen molar-refractivity contribution >= 4 is 5.57 Å². The molecule has 1 heteroatoms. The first-order valence-corrected chi connectivity index (χ1v) is 5.31. The van der Waals surface area contributed by atoms with Crippen LogP contribution in [0.5, 0.6) is 0 Å². The van der Waals surface area contributed by atoms with Crippen LogP contribution >= 0.6 is 0 Å². The number of hydrogen-bond acceptors (Lipinski definition) is 1. The number of methoxy groups -OCH3 is 1. The molecule has 0 saturated carbocycles. The summed E-state index contributed by atoms with van der Waals surface area (Å²) < 4.78 is 4.99. The number of ether oxygens (including phenoxy) is 1. The molecule has 16 heavy (non-hydrogen) atoms. The van der Waals surface area contributed by atoms with Crippen LogP contribution in [0.25, 0.3) is 5.57 Å². The van der Waals surface area contributed by atoms with E-state index in [9.17, 15) is 0 Å². The maximum absolute atomic E-state index is 4.99. The Labute approximate surface area is 97.8 Å². The third-order valence-corrected chi connectivity index (χ3v) is 2.41. The molecule has 0 aliphatic heterocycles. The van der Waals surface area contributed by atoms with E-state index in [2.05, 4.69) is 43.8 Å². The predicted molar refractivity (Wildman–Crippen MR) is 70.1 cm³/mol. The molecular weight excluding hydrogens is 196 g/mol. The van der Waals surface area contributed by atoms with E-state index in [0.29, 0.717) is 5.76 Å². The monoisotopic (exact) mass is 214 g/mol. The Kier molecular flexibility index (Phi) is 4.59. The molecule has 0 amide bonds. The Balaban J connectivity index is 2.88. The van der Waals surface area contributed by atoms with Crippen LogP contribution in [0.15, 0.2) is 54.8 Å². The minimum Gasteiger partial charge on any atom is -0.497 e. The molecule has 0 N–H and O–H groups in total. The van der Waals surface area contributed by atoms with Crippen LogP contribution in [0.1, 0.15) is 18.1 Å². The van der Waals surface area contributed by atoms with Crippen molar-refractivity contribution in [3.63, 3.8) is 0 Å². The van der Waals surface area contributed by atoms with Crippen LogP contribution in [-0.4, -0.2) is 7.11 Å². The van der Waals surface area contributed by atoms with Crippen molar-refractivity contribution in [1.29, 1.82) is 0 Å². The highest BCUT2D eigenvalue weighted by Gasteiger charge is 1.96. The molecule has 0 aliphatic rings. The minimum absolute atomic E-state index is 0.659. The standard InChI is InChI=1S/C15H18O/c1-5-14(11-8-13(3)16-4)15-9-6-12(2)7-10-15/h5-11H,3H2,1-2,4H3/b11-8-,14-5+. The molecule has 0 spiro atoms. The fourth-order valence-electron chi connectivity index (χ4n) is 1.36. The van der Waals surface area contributed by atoms with Gasteiger partial charge in [0.1, 0.15) is 5.76 Å². The van der Waals surface area contributed by atoms with E-state index in [1.165, 1.54) is 16.7 Å². The Morgan fingerprint density at radius 2 is 1.81 bits per heavy atom. The van der Waals surface area contributed by atoms with Gasteiger partial charge in [0.15, 0.2) is 0 Å². The van der Waals surface area contributed by atoms with Gasteiger partial charge in [-0.25, -0.2) is 0 Å². The summed E-state index contributed by atoms with van der Waals surface area (Å²) in [4.78, 5) is 0. The molecule has 0 fully saturated rings. The van der Waals surface area contributed by atoms with E-state index in [1.54, 1.807) is 7.11 Å². The molecule has 0 bridgehead atoms. The summed E-state index contributed by atoms with van der Waals surface area (Å²) in [6.07, 6.45) is 5.95. The highest BCUT2D eigenvalue weighted by Crippen LogP contribution is 2.17. The van der Waals surface area contributed by atoms with Crippen LogP contribution in [0.2, 0.25) is 0 Å². The second-order valence-electron chi connectivity index (χ2n) is 3.61. The molecule has 1 nitrogen and oxygen atoms in total. The zero-order chi connectivity index (χ0) is 12.0. The van der Waals surface area contributed by atoms with Gasteiger partial charge in [-0.15, -0.1) is 0 Å². The summed E-state index contributed by atoms with van der Waals surface area (Å²) in [7, 11) is 1.62. The summed E-state index contributed by atoms with van der Waals surface area (Å²) in [5, 5.41) is 0. The lowest BCUT2D eigenvalue weighted by atomic mass is 10.0. The van der Waals surface area contributed by atoms with Gasteiger partial charge in [-0.05, 0) is 31.1 Å². The van der Waals surface area contributed by atoms with Crippen molar-refractivity contribution in [1.82, 2.24) is 0 Å². The summed E-state index contributed by atoms with van der Waals surface area (Å²) >= 11 is 0. The number of rotatable bonds is 4. The third-order valence-electron chi connectivity index (χ3n) is 2.41. The lowest BCUT2D eigenvalue weighted by Crippen LogP contribution is -1.83. The number of allylic oxidation sites excluding steroid dienone is 4. The Hall–Kier alpha value is -1.76. The van der Waals surface area contributed by atoms with Gasteiger partial charge in [0, 0.05) is 0 Å². The lowest BCUT2D eigenvalue weighted by Gasteiger charge is -2.03. The van der Waals surface area contributed by atoms with Gasteiger partial charge in [0.25, 0.3) is 0 Å². The van der Waals surface area contributed by atoms with E-state index in [-0.39, 0.29) is 0 Å². The molecule has 0 unspecified atom stereocenters. The molecule has 0 atom stereocenters. The number of hydrogen-bond donors (Lipinski definition) is 0. The lowest BCUT2D eigenvalue weighted by molar-refractivity contribution is 0.309. The van der Waals surface area contributed by atoms with Crippen LogP contribution in [0, 0.1) is 6.92 Å². The summed E-state index contributed by atoms with van der Waals surface area (Å²) in [6.45, 7) is 7.86. The first-order chi connectivity index (χ1) is 7.67. The summed E-state index contributed by atoms with van der Waals surface area (Å²) in [5.41, 5.74) is 3.64. The van der Waals surface area contributed by atoms with Gasteiger partial charge in [0.2, 0.25) is 0 Å². The molecule has 0 saturated heterocycles. The average molecular weight is 214 g/mol. The fraction of sp³-hybridized carbons (Fsp3) is 0.200. The fourth-order valence-corrected chi connectivity index (χ4v) is 1.36. The SMILES string of the molecule is C=C(/C=C\C(=C/C)c1ccc(C)cc1)OC. The van der Waals surface area contributed by atoms with E-state index in [0.717, 1.165) is 0 Å². The minimum atomic E-state index is 0.659. The van der Waals surface area contributed by atoms with E-state index in [4.69, 9.17) is 4.74 Å². The van der Waals surface area contributed by atoms with Crippen molar-refractivity contribution in [2.75, 3.05) is 7.11 Å². The van der Waals surface area contributed by atoms with E-state index < -0.39 is 0 Å². The molecule has 0 aromatic heterocycles. The Bertz CT molecular complexity index is 408. The first-order valence-electron chi connectivity index (χ1n) is 5.31. The molecule has 1 rings (SSSR count). The van der Waals surface area contributed by atoms with Crippen molar-refractivity contribution in [3.8, 4) is 0 Å². The second kappa shape index (κ2) is 5.96. The molecular formula is C15H18O. The zero-order valence-corrected chi connectivity index (χ0v) is 10.2. The van der Waals surface area contributed by atoms with Crippen LogP contribution in [-0.2, 0) is 4.74 Å². The summed E-state index contributed by atoms with van der Waals surface area (Å²) in [5.74, 6) is 0.659. The normalized spacial score (nSPS) is 11.8. The number of benzene rings is 1. The molecule has 1 aromatic rings. The van der Waals surface area contributed by atoms with E-state index in [1.807, 2.05) is 19.1 Å². The summed E-state index contributed by atoms with van der Waals surface area (Å²) in [6, 6.07) is 8.45. The highest BCUT2D eigenvalue weighted by molar-refractivity contribution is 5.74. The maximum Gasteiger partial charge on any atom is 0.111 e. The average Bonchev–Trinajstić information content (AvgIpc) is 2.31. The smallest absolute Gasteiger partial charge is 0.111 e. The van der Waals surface area contributed by atoms with Gasteiger partial charge in [-0.1, -0.05) is 48.6 Å².